The van der Waals surface area contributed by atoms with Gasteiger partial charge in [0.15, 0.2) is 0 Å². The molecule has 2 saturated heterocycles. The number of nitrogens with one attached hydrogen (secondary N) is 1. The molecule has 0 spiro atoms. The zero-order valence-electron chi connectivity index (χ0n) is 12.8. The highest BCUT2D eigenvalue weighted by molar-refractivity contribution is 5.82. The van der Waals surface area contributed by atoms with Crippen molar-refractivity contribution in [3.05, 3.63) is 12.7 Å². The maximum atomic E-state index is 12.8. The standard InChI is InChI=1S/C16H29N3O/c1-3-11-18(12-4-2)16(20)15-6-5-13-19(15)14-7-9-17-10-8-14/h3,14-15,17H,1,4-13H2,2H3. The molecule has 2 aliphatic rings. The summed E-state index contributed by atoms with van der Waals surface area (Å²) in [6.45, 7) is 10.7. The summed E-state index contributed by atoms with van der Waals surface area (Å²) in [6, 6.07) is 0.713. The van der Waals surface area contributed by atoms with Crippen LogP contribution in [0.3, 0.4) is 0 Å². The molecule has 0 radical (unpaired) electrons. The summed E-state index contributed by atoms with van der Waals surface area (Å²) < 4.78 is 0. The van der Waals surface area contributed by atoms with Gasteiger partial charge in [0.2, 0.25) is 5.91 Å². The topological polar surface area (TPSA) is 35.6 Å². The predicted molar refractivity (Wildman–Crippen MR) is 82.7 cm³/mol. The van der Waals surface area contributed by atoms with Gasteiger partial charge in [-0.05, 0) is 51.7 Å². The van der Waals surface area contributed by atoms with Crippen molar-refractivity contribution in [3.8, 4) is 0 Å². The number of carbonyl (C=O) groups is 1. The number of hydrogen-bond donors (Lipinski definition) is 1. The molecular weight excluding hydrogens is 250 g/mol. The average Bonchev–Trinajstić information content (AvgIpc) is 2.96. The van der Waals surface area contributed by atoms with Gasteiger partial charge in [-0.1, -0.05) is 13.0 Å². The van der Waals surface area contributed by atoms with Gasteiger partial charge in [0, 0.05) is 19.1 Å². The number of likely N-dealkylation sites (tertiary alicyclic amines) is 1. The molecule has 0 aliphatic carbocycles. The van der Waals surface area contributed by atoms with Gasteiger partial charge in [-0.15, -0.1) is 6.58 Å². The molecular formula is C16H29N3O. The van der Waals surface area contributed by atoms with Gasteiger partial charge in [0.05, 0.1) is 6.04 Å². The Hall–Kier alpha value is -0.870. The van der Waals surface area contributed by atoms with Gasteiger partial charge in [0.25, 0.3) is 0 Å². The molecule has 0 saturated carbocycles. The first-order valence-electron chi connectivity index (χ1n) is 8.14. The fourth-order valence-electron chi connectivity index (χ4n) is 3.56. The molecule has 114 valence electrons. The second-order valence-electron chi connectivity index (χ2n) is 5.95. The minimum Gasteiger partial charge on any atom is -0.338 e. The summed E-state index contributed by atoms with van der Waals surface area (Å²) in [5, 5.41) is 3.41. The molecule has 1 amide bonds. The second-order valence-corrected chi connectivity index (χ2v) is 5.95. The SMILES string of the molecule is C=CCN(CCC)C(=O)C1CCCN1C1CCNCC1. The monoisotopic (exact) mass is 279 g/mol. The van der Waals surface area contributed by atoms with E-state index in [-0.39, 0.29) is 6.04 Å². The van der Waals surface area contributed by atoms with E-state index in [1.165, 1.54) is 12.8 Å². The molecule has 4 heteroatoms. The van der Waals surface area contributed by atoms with Crippen molar-refractivity contribution in [3.63, 3.8) is 0 Å². The molecule has 0 aromatic heterocycles. The molecule has 2 heterocycles. The Morgan fingerprint density at radius 1 is 1.40 bits per heavy atom. The van der Waals surface area contributed by atoms with Crippen molar-refractivity contribution in [2.75, 3.05) is 32.7 Å². The van der Waals surface area contributed by atoms with Crippen molar-refractivity contribution in [1.29, 1.82) is 0 Å². The summed E-state index contributed by atoms with van der Waals surface area (Å²) in [5.41, 5.74) is 0. The van der Waals surface area contributed by atoms with Gasteiger partial charge in [-0.25, -0.2) is 0 Å². The zero-order chi connectivity index (χ0) is 14.4. The van der Waals surface area contributed by atoms with Crippen LogP contribution in [-0.2, 0) is 4.79 Å². The van der Waals surface area contributed by atoms with Crippen molar-refractivity contribution in [2.24, 2.45) is 0 Å². The van der Waals surface area contributed by atoms with Crippen LogP contribution in [-0.4, -0.2) is 60.5 Å². The van der Waals surface area contributed by atoms with Crippen LogP contribution >= 0.6 is 0 Å². The molecule has 1 N–H and O–H groups in total. The normalized spacial score (nSPS) is 24.8. The maximum absolute atomic E-state index is 12.8. The predicted octanol–water partition coefficient (Wildman–Crippen LogP) is 1.63. The number of carbonyl (C=O) groups excluding carboxylic acids is 1. The van der Waals surface area contributed by atoms with Gasteiger partial charge in [-0.2, -0.15) is 0 Å². The highest BCUT2D eigenvalue weighted by Crippen LogP contribution is 2.25. The van der Waals surface area contributed by atoms with Crippen LogP contribution in [0, 0.1) is 0 Å². The quantitative estimate of drug-likeness (QED) is 0.751. The maximum Gasteiger partial charge on any atom is 0.240 e. The van der Waals surface area contributed by atoms with Crippen molar-refractivity contribution in [2.45, 2.75) is 51.1 Å². The van der Waals surface area contributed by atoms with E-state index in [0.29, 0.717) is 18.5 Å². The molecule has 2 aliphatic heterocycles. The lowest BCUT2D eigenvalue weighted by molar-refractivity contribution is -0.136. The average molecular weight is 279 g/mol. The minimum absolute atomic E-state index is 0.115. The Morgan fingerprint density at radius 3 is 2.80 bits per heavy atom. The second kappa shape index (κ2) is 7.79. The van der Waals surface area contributed by atoms with Crippen LogP contribution < -0.4 is 5.32 Å². The summed E-state index contributed by atoms with van der Waals surface area (Å²) >= 11 is 0. The number of amides is 1. The molecule has 0 aromatic carbocycles. The van der Waals surface area contributed by atoms with Crippen LogP contribution in [0.1, 0.15) is 39.0 Å². The van der Waals surface area contributed by atoms with Gasteiger partial charge >= 0.3 is 0 Å². The van der Waals surface area contributed by atoms with E-state index < -0.39 is 0 Å². The third-order valence-electron chi connectivity index (χ3n) is 4.51. The van der Waals surface area contributed by atoms with E-state index in [0.717, 1.165) is 45.4 Å². The van der Waals surface area contributed by atoms with Crippen LogP contribution in [0.15, 0.2) is 12.7 Å². The first-order valence-corrected chi connectivity index (χ1v) is 8.14. The van der Waals surface area contributed by atoms with E-state index in [1.807, 2.05) is 11.0 Å². The Labute approximate surface area is 123 Å². The third-order valence-corrected chi connectivity index (χ3v) is 4.51. The number of rotatable bonds is 6. The van der Waals surface area contributed by atoms with Crippen LogP contribution in [0.25, 0.3) is 0 Å². The van der Waals surface area contributed by atoms with Crippen LogP contribution in [0.2, 0.25) is 0 Å². The Bertz CT molecular complexity index is 326. The lowest BCUT2D eigenvalue weighted by Gasteiger charge is -2.37. The van der Waals surface area contributed by atoms with Gasteiger partial charge in [-0.3, -0.25) is 9.69 Å². The van der Waals surface area contributed by atoms with Crippen molar-refractivity contribution >= 4 is 5.91 Å². The van der Waals surface area contributed by atoms with E-state index in [1.54, 1.807) is 0 Å². The molecule has 0 bridgehead atoms. The summed E-state index contributed by atoms with van der Waals surface area (Å²) in [5.74, 6) is 0.322. The number of piperidine rings is 1. The van der Waals surface area contributed by atoms with Crippen molar-refractivity contribution < 1.29 is 4.79 Å². The molecule has 2 fully saturated rings. The van der Waals surface area contributed by atoms with E-state index >= 15 is 0 Å². The zero-order valence-corrected chi connectivity index (χ0v) is 12.8. The molecule has 20 heavy (non-hydrogen) atoms. The van der Waals surface area contributed by atoms with E-state index in [4.69, 9.17) is 0 Å². The van der Waals surface area contributed by atoms with Gasteiger partial charge < -0.3 is 10.2 Å². The smallest absolute Gasteiger partial charge is 0.240 e. The lowest BCUT2D eigenvalue weighted by Crippen LogP contribution is -2.51. The van der Waals surface area contributed by atoms with Crippen LogP contribution in [0.4, 0.5) is 0 Å². The molecule has 0 aromatic rings. The molecule has 2 rings (SSSR count). The summed E-state index contributed by atoms with van der Waals surface area (Å²) in [7, 11) is 0. The summed E-state index contributed by atoms with van der Waals surface area (Å²) in [4.78, 5) is 17.3. The highest BCUT2D eigenvalue weighted by Gasteiger charge is 2.37. The Kier molecular flexibility index (Phi) is 6.05. The van der Waals surface area contributed by atoms with Gasteiger partial charge in [0.1, 0.15) is 0 Å². The molecule has 1 atom stereocenters. The van der Waals surface area contributed by atoms with E-state index in [2.05, 4.69) is 23.7 Å². The third kappa shape index (κ3) is 3.61. The first-order chi connectivity index (χ1) is 9.77. The van der Waals surface area contributed by atoms with Crippen molar-refractivity contribution in [1.82, 2.24) is 15.1 Å². The minimum atomic E-state index is 0.115. The van der Waals surface area contributed by atoms with E-state index in [9.17, 15) is 4.79 Å². The Morgan fingerprint density at radius 2 is 2.15 bits per heavy atom. The number of nitrogens with zero attached hydrogens (tertiary/aromatic N) is 2. The fourth-order valence-corrected chi connectivity index (χ4v) is 3.56. The molecule has 4 nitrogen and oxygen atoms in total. The summed E-state index contributed by atoms with van der Waals surface area (Å²) in [6.07, 6.45) is 7.41. The number of hydrogen-bond acceptors (Lipinski definition) is 3. The Balaban J connectivity index is 2.00. The molecule has 1 unspecified atom stereocenters. The first kappa shape index (κ1) is 15.5. The fraction of sp³-hybridized carbons (Fsp3) is 0.812. The largest absolute Gasteiger partial charge is 0.338 e. The lowest BCUT2D eigenvalue weighted by atomic mass is 10.0. The van der Waals surface area contributed by atoms with Crippen LogP contribution in [0.5, 0.6) is 0 Å². The highest BCUT2D eigenvalue weighted by atomic mass is 16.2.